The molecule has 27 heavy (non-hydrogen) atoms. The van der Waals surface area contributed by atoms with Gasteiger partial charge in [-0.15, -0.1) is 0 Å². The van der Waals surface area contributed by atoms with Gasteiger partial charge < -0.3 is 15.4 Å². The first kappa shape index (κ1) is 21.3. The monoisotopic (exact) mass is 419 g/mol. The van der Waals surface area contributed by atoms with Crippen molar-refractivity contribution < 1.29 is 39.0 Å². The number of hydrogen-bond donors (Lipinski definition) is 4. The molecule has 0 radical (unpaired) electrons. The molecule has 4 N–H and O–H groups in total. The molecule has 2 amide bonds. The molecule has 1 unspecified atom stereocenters. The van der Waals surface area contributed by atoms with Crippen LogP contribution >= 0.6 is 10.2 Å². The summed E-state index contributed by atoms with van der Waals surface area (Å²) in [5.74, 6) is -2.02. The van der Waals surface area contributed by atoms with Gasteiger partial charge in [-0.05, 0) is 31.2 Å². The summed E-state index contributed by atoms with van der Waals surface area (Å²) in [5.41, 5.74) is -0.218. The van der Waals surface area contributed by atoms with E-state index in [1.807, 2.05) is 0 Å². The van der Waals surface area contributed by atoms with Crippen molar-refractivity contribution in [1.82, 2.24) is 16.1 Å². The molecular formula is C14H18F5N3O4S. The van der Waals surface area contributed by atoms with Crippen molar-refractivity contribution in [3.8, 4) is 0 Å². The average molecular weight is 419 g/mol. The van der Waals surface area contributed by atoms with Crippen LogP contribution in [-0.2, 0) is 9.53 Å². The van der Waals surface area contributed by atoms with Gasteiger partial charge in [0.1, 0.15) is 16.5 Å². The van der Waals surface area contributed by atoms with Crippen molar-refractivity contribution in [3.63, 3.8) is 0 Å². The Labute approximate surface area is 150 Å². The highest BCUT2D eigenvalue weighted by molar-refractivity contribution is 8.45. The SMILES string of the molecule is CO[C@@]1(C(NC(=O)c2ccc(S(F)(F)(F)(F)F)cc2)C(=O)NO)CN[C@H]1C. The highest BCUT2D eigenvalue weighted by Crippen LogP contribution is 3.02. The van der Waals surface area contributed by atoms with Gasteiger partial charge in [0.05, 0.1) is 0 Å². The van der Waals surface area contributed by atoms with Crippen molar-refractivity contribution in [2.24, 2.45) is 0 Å². The molecule has 1 aliphatic heterocycles. The molecule has 1 aromatic rings. The van der Waals surface area contributed by atoms with Gasteiger partial charge in [0, 0.05) is 25.3 Å². The molecule has 1 aliphatic rings. The van der Waals surface area contributed by atoms with E-state index in [2.05, 4.69) is 10.6 Å². The van der Waals surface area contributed by atoms with E-state index in [1.54, 1.807) is 6.92 Å². The molecule has 1 saturated heterocycles. The van der Waals surface area contributed by atoms with Crippen molar-refractivity contribution in [2.45, 2.75) is 29.5 Å². The maximum Gasteiger partial charge on any atom is 0.310 e. The van der Waals surface area contributed by atoms with Gasteiger partial charge in [-0.3, -0.25) is 14.8 Å². The molecule has 0 aliphatic carbocycles. The van der Waals surface area contributed by atoms with E-state index >= 15 is 0 Å². The normalized spacial score (nSPS) is 26.1. The maximum atomic E-state index is 12.7. The molecule has 0 aromatic heterocycles. The summed E-state index contributed by atoms with van der Waals surface area (Å²) in [6, 6.07) is -0.474. The lowest BCUT2D eigenvalue weighted by atomic mass is 9.79. The lowest BCUT2D eigenvalue weighted by Crippen LogP contribution is -2.78. The molecule has 154 valence electrons. The van der Waals surface area contributed by atoms with E-state index in [9.17, 15) is 29.0 Å². The van der Waals surface area contributed by atoms with Crippen LogP contribution in [0.2, 0.25) is 0 Å². The Kier molecular flexibility index (Phi) is 4.76. The van der Waals surface area contributed by atoms with E-state index in [-0.39, 0.29) is 24.2 Å². The summed E-state index contributed by atoms with van der Waals surface area (Å²) in [5, 5.41) is 14.1. The van der Waals surface area contributed by atoms with E-state index in [0.29, 0.717) is 12.1 Å². The number of carbonyl (C=O) groups excluding carboxylic acids is 2. The number of hydroxylamine groups is 1. The van der Waals surface area contributed by atoms with Crippen molar-refractivity contribution in [1.29, 1.82) is 0 Å². The van der Waals surface area contributed by atoms with Gasteiger partial charge in [-0.1, -0.05) is 19.4 Å². The molecular weight excluding hydrogens is 401 g/mol. The maximum absolute atomic E-state index is 12.7. The minimum Gasteiger partial charge on any atom is -0.373 e. The lowest BCUT2D eigenvalue weighted by Gasteiger charge is -2.51. The summed E-state index contributed by atoms with van der Waals surface area (Å²) < 4.78 is 69.0. The number of benzene rings is 1. The molecule has 0 bridgehead atoms. The quantitative estimate of drug-likeness (QED) is 0.322. The van der Waals surface area contributed by atoms with E-state index in [0.717, 1.165) is 0 Å². The largest absolute Gasteiger partial charge is 0.373 e. The Morgan fingerprint density at radius 3 is 2.15 bits per heavy atom. The summed E-state index contributed by atoms with van der Waals surface area (Å²) >= 11 is 0. The first-order valence-corrected chi connectivity index (χ1v) is 9.47. The first-order valence-electron chi connectivity index (χ1n) is 7.52. The van der Waals surface area contributed by atoms with Gasteiger partial charge in [-0.2, -0.15) is 0 Å². The van der Waals surface area contributed by atoms with Gasteiger partial charge in [0.15, 0.2) is 0 Å². The number of ether oxygens (including phenoxy) is 1. The molecule has 2 rings (SSSR count). The van der Waals surface area contributed by atoms with Crippen molar-refractivity contribution in [3.05, 3.63) is 29.8 Å². The predicted octanol–water partition coefficient (Wildman–Crippen LogP) is 2.32. The Hall–Kier alpha value is -1.96. The zero-order valence-electron chi connectivity index (χ0n) is 14.1. The van der Waals surface area contributed by atoms with Gasteiger partial charge in [-0.25, -0.2) is 5.48 Å². The number of carbonyl (C=O) groups is 2. The van der Waals surface area contributed by atoms with E-state index in [1.165, 1.54) is 12.6 Å². The molecule has 7 nitrogen and oxygen atoms in total. The minimum atomic E-state index is -9.85. The number of halogens is 5. The molecule has 13 heteroatoms. The highest BCUT2D eigenvalue weighted by atomic mass is 32.5. The number of methoxy groups -OCH3 is 1. The molecule has 1 fully saturated rings. The molecule has 1 heterocycles. The third kappa shape index (κ3) is 4.15. The summed E-state index contributed by atoms with van der Waals surface area (Å²) in [6.07, 6.45) is 0. The van der Waals surface area contributed by atoms with Crippen LogP contribution in [-0.4, -0.2) is 48.4 Å². The summed E-state index contributed by atoms with van der Waals surface area (Å²) in [6.45, 7) is 1.80. The summed E-state index contributed by atoms with van der Waals surface area (Å²) in [7, 11) is -8.57. The van der Waals surface area contributed by atoms with Crippen LogP contribution < -0.4 is 16.1 Å². The van der Waals surface area contributed by atoms with Crippen LogP contribution in [0.5, 0.6) is 0 Å². The van der Waals surface area contributed by atoms with Crippen LogP contribution in [0.25, 0.3) is 0 Å². The number of amides is 2. The second-order valence-electron chi connectivity index (χ2n) is 6.14. The minimum absolute atomic E-state index is 0.0945. The zero-order chi connectivity index (χ0) is 20.7. The number of nitrogens with one attached hydrogen (secondary N) is 3. The van der Waals surface area contributed by atoms with Crippen LogP contribution in [0, 0.1) is 0 Å². The molecule has 0 spiro atoms. The second kappa shape index (κ2) is 6.02. The fraction of sp³-hybridized carbons (Fsp3) is 0.429. The van der Waals surface area contributed by atoms with Crippen molar-refractivity contribution in [2.75, 3.05) is 13.7 Å². The second-order valence-corrected chi connectivity index (χ2v) is 8.55. The van der Waals surface area contributed by atoms with Crippen LogP contribution in [0.15, 0.2) is 29.2 Å². The third-order valence-electron chi connectivity index (χ3n) is 4.50. The average Bonchev–Trinajstić information content (AvgIpc) is 2.57. The Morgan fingerprint density at radius 1 is 1.26 bits per heavy atom. The van der Waals surface area contributed by atoms with Crippen LogP contribution in [0.4, 0.5) is 19.4 Å². The lowest BCUT2D eigenvalue weighted by molar-refractivity contribution is -0.152. The standard InChI is InChI=1S/C14H18F5N3O4S/c1-8-14(26-2,7-20-8)11(13(24)22-25)21-12(23)9-3-5-10(6-4-9)27(15,16,17,18)19/h3-6,8,11,20,25H,7H2,1-2H3,(H,21,23)(H,22,24)/t8-,11?,14-/m0/s1. The zero-order valence-corrected chi connectivity index (χ0v) is 15.0. The van der Waals surface area contributed by atoms with Crippen LogP contribution in [0.1, 0.15) is 17.3 Å². The van der Waals surface area contributed by atoms with Crippen molar-refractivity contribution >= 4 is 22.0 Å². The number of hydrogen-bond acceptors (Lipinski definition) is 5. The van der Waals surface area contributed by atoms with E-state index < -0.39 is 44.6 Å². The number of rotatable bonds is 6. The molecule has 1 aromatic carbocycles. The first-order chi connectivity index (χ1) is 12.1. The predicted molar refractivity (Wildman–Crippen MR) is 86.2 cm³/mol. The topological polar surface area (TPSA) is 99.7 Å². The molecule has 3 atom stereocenters. The fourth-order valence-corrected chi connectivity index (χ4v) is 3.43. The van der Waals surface area contributed by atoms with E-state index in [4.69, 9.17) is 9.94 Å². The molecule has 0 saturated carbocycles. The van der Waals surface area contributed by atoms with Gasteiger partial charge in [0.2, 0.25) is 0 Å². The van der Waals surface area contributed by atoms with Gasteiger partial charge >= 0.3 is 10.2 Å². The highest BCUT2D eigenvalue weighted by Gasteiger charge is 2.65. The Balaban J connectivity index is 2.28. The third-order valence-corrected chi connectivity index (χ3v) is 5.66. The Morgan fingerprint density at radius 2 is 1.81 bits per heavy atom. The summed E-state index contributed by atoms with van der Waals surface area (Å²) in [4.78, 5) is 22.1. The van der Waals surface area contributed by atoms with Crippen LogP contribution in [0.3, 0.4) is 0 Å². The smallest absolute Gasteiger partial charge is 0.310 e. The fourth-order valence-electron chi connectivity index (χ4n) is 2.78. The Bertz CT molecular complexity index is 755. The van der Waals surface area contributed by atoms with Gasteiger partial charge in [0.25, 0.3) is 11.8 Å².